The van der Waals surface area contributed by atoms with Crippen molar-refractivity contribution in [3.8, 4) is 0 Å². The van der Waals surface area contributed by atoms with Crippen LogP contribution in [0.2, 0.25) is 0 Å². The molecule has 3 rings (SSSR count). The average Bonchev–Trinajstić information content (AvgIpc) is 2.74. The van der Waals surface area contributed by atoms with E-state index in [1.54, 1.807) is 30.6 Å². The summed E-state index contributed by atoms with van der Waals surface area (Å²) in [5.74, 6) is -2.71. The molecule has 1 heterocycles. The Morgan fingerprint density at radius 3 is 2.53 bits per heavy atom. The van der Waals surface area contributed by atoms with E-state index in [0.29, 0.717) is 17.5 Å². The molecule has 0 saturated carbocycles. The molecule has 2 unspecified atom stereocenters. The van der Waals surface area contributed by atoms with Crippen molar-refractivity contribution in [2.75, 3.05) is 0 Å². The number of benzene rings is 1. The molecule has 9 heteroatoms. The Balaban J connectivity index is 1.94. The highest BCUT2D eigenvalue weighted by Crippen LogP contribution is 2.47. The number of carbonyl (C=O) groups is 2. The summed E-state index contributed by atoms with van der Waals surface area (Å²) in [7, 11) is 0. The molecule has 9 nitrogen and oxygen atoms in total. The number of aliphatic carboxylic acids is 1. The number of aromatic nitrogens is 1. The molecule has 0 bridgehead atoms. The number of hydrogen-bond acceptors (Lipinski definition) is 6. The van der Waals surface area contributed by atoms with Crippen LogP contribution in [-0.2, 0) is 9.59 Å². The summed E-state index contributed by atoms with van der Waals surface area (Å²) in [6.45, 7) is 1.86. The van der Waals surface area contributed by atoms with Crippen molar-refractivity contribution in [1.29, 1.82) is 0 Å². The van der Waals surface area contributed by atoms with E-state index < -0.39 is 28.1 Å². The summed E-state index contributed by atoms with van der Waals surface area (Å²) >= 11 is 0. The third kappa shape index (κ3) is 4.09. The molecular formula is C21H20N4O5. The van der Waals surface area contributed by atoms with Gasteiger partial charge in [0.05, 0.1) is 11.1 Å². The van der Waals surface area contributed by atoms with Crippen molar-refractivity contribution in [2.45, 2.75) is 25.7 Å². The normalized spacial score (nSPS) is 21.1. The van der Waals surface area contributed by atoms with Gasteiger partial charge in [0.15, 0.2) is 5.41 Å². The number of nitro benzene ring substituents is 1. The molecule has 1 amide bonds. The molecule has 0 aliphatic heterocycles. The molecule has 0 fully saturated rings. The number of nitro groups is 1. The van der Waals surface area contributed by atoms with Gasteiger partial charge in [0.1, 0.15) is 0 Å². The molecular weight excluding hydrogens is 388 g/mol. The maximum atomic E-state index is 13.1. The Bertz CT molecular complexity index is 1020. The first kappa shape index (κ1) is 20.8. The van der Waals surface area contributed by atoms with Crippen molar-refractivity contribution >= 4 is 23.8 Å². The number of carboxylic acid groups (broad SMARTS) is 1. The molecule has 1 aromatic heterocycles. The molecule has 1 aliphatic carbocycles. The van der Waals surface area contributed by atoms with Crippen LogP contribution in [0.4, 0.5) is 5.69 Å². The quantitative estimate of drug-likeness (QED) is 0.248. The van der Waals surface area contributed by atoms with E-state index in [1.165, 1.54) is 30.5 Å². The smallest absolute Gasteiger partial charge is 0.320 e. The van der Waals surface area contributed by atoms with Gasteiger partial charge >= 0.3 is 5.97 Å². The monoisotopic (exact) mass is 408 g/mol. The molecule has 1 aliphatic rings. The zero-order valence-corrected chi connectivity index (χ0v) is 16.2. The second-order valence-corrected chi connectivity index (χ2v) is 7.12. The predicted octanol–water partition coefficient (Wildman–Crippen LogP) is 3.03. The van der Waals surface area contributed by atoms with Gasteiger partial charge in [-0.25, -0.2) is 5.43 Å². The van der Waals surface area contributed by atoms with Crippen molar-refractivity contribution in [2.24, 2.45) is 10.5 Å². The van der Waals surface area contributed by atoms with E-state index >= 15 is 0 Å². The maximum absolute atomic E-state index is 13.1. The van der Waals surface area contributed by atoms with Crippen LogP contribution >= 0.6 is 0 Å². The van der Waals surface area contributed by atoms with Gasteiger partial charge in [-0.1, -0.05) is 23.8 Å². The van der Waals surface area contributed by atoms with E-state index in [1.807, 2.05) is 6.92 Å². The standard InChI is InChI=1S/C21H20N4O5/c1-14-6-9-21(20(27)28,19(26)24-23-13-15-7-10-22-11-8-15)18(12-14)16-2-4-17(5-3-16)25(29)30/h2-8,10-11,13,18H,9,12H2,1H3,(H,24,26)(H,27,28). The topological polar surface area (TPSA) is 135 Å². The molecule has 0 spiro atoms. The summed E-state index contributed by atoms with van der Waals surface area (Å²) in [5.41, 5.74) is 2.66. The number of allylic oxidation sites excluding steroid dienone is 2. The highest BCUT2D eigenvalue weighted by Gasteiger charge is 2.53. The van der Waals surface area contributed by atoms with Crippen LogP contribution in [0.5, 0.6) is 0 Å². The van der Waals surface area contributed by atoms with Crippen LogP contribution in [0, 0.1) is 15.5 Å². The second-order valence-electron chi connectivity index (χ2n) is 7.12. The van der Waals surface area contributed by atoms with Gasteiger partial charge in [-0.3, -0.25) is 24.7 Å². The minimum Gasteiger partial charge on any atom is -0.480 e. The lowest BCUT2D eigenvalue weighted by atomic mass is 9.64. The van der Waals surface area contributed by atoms with Crippen LogP contribution in [0.3, 0.4) is 0 Å². The largest absolute Gasteiger partial charge is 0.480 e. The Kier molecular flexibility index (Phi) is 6.01. The Labute approximate surface area is 172 Å². The van der Waals surface area contributed by atoms with Crippen molar-refractivity contribution in [3.63, 3.8) is 0 Å². The number of pyridine rings is 1. The number of hydrogen-bond donors (Lipinski definition) is 2. The minimum atomic E-state index is -1.79. The zero-order valence-electron chi connectivity index (χ0n) is 16.2. The Hall–Kier alpha value is -3.88. The Morgan fingerprint density at radius 2 is 1.93 bits per heavy atom. The van der Waals surface area contributed by atoms with Crippen LogP contribution < -0.4 is 5.43 Å². The van der Waals surface area contributed by atoms with Gasteiger partial charge in [-0.15, -0.1) is 0 Å². The number of nitrogens with zero attached hydrogens (tertiary/aromatic N) is 3. The summed E-state index contributed by atoms with van der Waals surface area (Å²) in [4.78, 5) is 39.7. The van der Waals surface area contributed by atoms with E-state index in [9.17, 15) is 24.8 Å². The van der Waals surface area contributed by atoms with Crippen molar-refractivity contribution < 1.29 is 19.6 Å². The lowest BCUT2D eigenvalue weighted by molar-refractivity contribution is -0.384. The fourth-order valence-corrected chi connectivity index (χ4v) is 3.59. The minimum absolute atomic E-state index is 0.00751. The first-order chi connectivity index (χ1) is 14.3. The highest BCUT2D eigenvalue weighted by molar-refractivity contribution is 6.03. The molecule has 30 heavy (non-hydrogen) atoms. The molecule has 154 valence electrons. The molecule has 2 N–H and O–H groups in total. The van der Waals surface area contributed by atoms with Gasteiger partial charge in [0, 0.05) is 30.4 Å². The van der Waals surface area contributed by atoms with Gasteiger partial charge in [0.25, 0.3) is 11.6 Å². The number of carbonyl (C=O) groups excluding carboxylic acids is 1. The van der Waals surface area contributed by atoms with Gasteiger partial charge in [-0.05, 0) is 43.0 Å². The second kappa shape index (κ2) is 8.64. The third-order valence-corrected chi connectivity index (χ3v) is 5.27. The molecule has 0 saturated heterocycles. The van der Waals surface area contributed by atoms with E-state index in [4.69, 9.17) is 0 Å². The predicted molar refractivity (Wildman–Crippen MR) is 109 cm³/mol. The highest BCUT2D eigenvalue weighted by atomic mass is 16.6. The number of amides is 1. The molecule has 1 aromatic carbocycles. The number of non-ortho nitro benzene ring substituents is 1. The molecule has 0 radical (unpaired) electrons. The van der Waals surface area contributed by atoms with Crippen LogP contribution in [-0.4, -0.2) is 33.1 Å². The summed E-state index contributed by atoms with van der Waals surface area (Å²) in [6, 6.07) is 9.02. The lowest BCUT2D eigenvalue weighted by Crippen LogP contribution is -2.50. The van der Waals surface area contributed by atoms with Gasteiger partial charge in [-0.2, -0.15) is 5.10 Å². The van der Waals surface area contributed by atoms with Gasteiger partial charge in [0.2, 0.25) is 0 Å². The van der Waals surface area contributed by atoms with Gasteiger partial charge < -0.3 is 5.11 Å². The first-order valence-corrected chi connectivity index (χ1v) is 9.21. The summed E-state index contributed by atoms with van der Waals surface area (Å²) in [5, 5.41) is 24.9. The van der Waals surface area contributed by atoms with E-state index in [0.717, 1.165) is 5.57 Å². The molecule has 2 atom stereocenters. The number of carboxylic acids is 1. The van der Waals surface area contributed by atoms with Crippen molar-refractivity contribution in [3.05, 3.63) is 81.7 Å². The summed E-state index contributed by atoms with van der Waals surface area (Å²) in [6.07, 6.45) is 6.61. The van der Waals surface area contributed by atoms with Crippen LogP contribution in [0.15, 0.2) is 65.5 Å². The first-order valence-electron chi connectivity index (χ1n) is 9.21. The zero-order chi connectivity index (χ0) is 21.7. The fourth-order valence-electron chi connectivity index (χ4n) is 3.59. The van der Waals surface area contributed by atoms with Crippen LogP contribution in [0.25, 0.3) is 0 Å². The maximum Gasteiger partial charge on any atom is 0.320 e. The average molecular weight is 408 g/mol. The lowest BCUT2D eigenvalue weighted by Gasteiger charge is -2.38. The molecule has 2 aromatic rings. The third-order valence-electron chi connectivity index (χ3n) is 5.27. The number of rotatable bonds is 6. The van der Waals surface area contributed by atoms with Crippen LogP contribution in [0.1, 0.15) is 36.8 Å². The van der Waals surface area contributed by atoms with E-state index in [2.05, 4.69) is 15.5 Å². The van der Waals surface area contributed by atoms with E-state index in [-0.39, 0.29) is 12.1 Å². The Morgan fingerprint density at radius 1 is 1.27 bits per heavy atom. The SMILES string of the molecule is CC1=CCC(C(=O)O)(C(=O)NN=Cc2ccncc2)C(c2ccc([N+](=O)[O-])cc2)C1. The number of nitrogens with one attached hydrogen (secondary N) is 1. The van der Waals surface area contributed by atoms with Crippen molar-refractivity contribution in [1.82, 2.24) is 10.4 Å². The number of hydrazone groups is 1. The fraction of sp³-hybridized carbons (Fsp3) is 0.238. The summed E-state index contributed by atoms with van der Waals surface area (Å²) < 4.78 is 0.